The summed E-state index contributed by atoms with van der Waals surface area (Å²) >= 11 is 0. The molecule has 4 unspecified atom stereocenters. The van der Waals surface area contributed by atoms with Crippen LogP contribution >= 0.6 is 0 Å². The lowest BCUT2D eigenvalue weighted by molar-refractivity contribution is -0.128. The second-order valence-corrected chi connectivity index (χ2v) is 16.7. The first-order chi connectivity index (χ1) is 19.0. The molecule has 0 aromatic heterocycles. The third kappa shape index (κ3) is 3.97. The number of fused-ring (bicyclic) bond motifs is 2. The minimum absolute atomic E-state index is 0.397. The van der Waals surface area contributed by atoms with Gasteiger partial charge in [0, 0.05) is 11.3 Å². The minimum atomic E-state index is -5.01. The van der Waals surface area contributed by atoms with Crippen molar-refractivity contribution in [1.82, 2.24) is 0 Å². The molecular weight excluding hydrogens is 537 g/mol. The van der Waals surface area contributed by atoms with E-state index in [1.54, 1.807) is 0 Å². The third-order valence-electron chi connectivity index (χ3n) is 10.6. The van der Waals surface area contributed by atoms with Crippen molar-refractivity contribution in [3.05, 3.63) is 84.4 Å². The van der Waals surface area contributed by atoms with E-state index in [-0.39, 0.29) is 0 Å². The van der Waals surface area contributed by atoms with Crippen molar-refractivity contribution < 1.29 is 17.8 Å². The Morgan fingerprint density at radius 3 is 1.82 bits per heavy atom. The first kappa shape index (κ1) is 27.7. The Labute approximate surface area is 241 Å². The molecule has 4 atom stereocenters. The van der Waals surface area contributed by atoms with Crippen LogP contribution in [0.25, 0.3) is 11.1 Å². The van der Waals surface area contributed by atoms with Gasteiger partial charge in [0.15, 0.2) is 19.9 Å². The molecule has 3 fully saturated rings. The van der Waals surface area contributed by atoms with Gasteiger partial charge < -0.3 is 4.55 Å². The Kier molecular flexibility index (Phi) is 6.83. The molecule has 0 amide bonds. The first-order valence-corrected chi connectivity index (χ1v) is 17.2. The van der Waals surface area contributed by atoms with Gasteiger partial charge in [-0.25, -0.2) is 8.42 Å². The lowest BCUT2D eigenvalue weighted by Crippen LogP contribution is -2.58. The average molecular weight is 575 g/mol. The standard InChI is InChI=1S/C34H38O4S2/c1-32(2)30-22-23-33(32,3)31(35)34(30,40(36,37)38)39(28-12-8-5-9-13-28)29-20-18-27(19-21-29)26-16-14-25(15-17-26)24-10-6-4-7-11-24/h5,8-9,12-21,24,30H,4,6-7,10-11,22-23H2,1-3H3. The summed E-state index contributed by atoms with van der Waals surface area (Å²) in [6.07, 6.45) is 7.63. The molecule has 4 nitrogen and oxygen atoms in total. The molecule has 0 spiro atoms. The molecule has 0 radical (unpaired) electrons. The minimum Gasteiger partial charge on any atom is -0.743 e. The van der Waals surface area contributed by atoms with Crippen molar-refractivity contribution in [3.63, 3.8) is 0 Å². The predicted molar refractivity (Wildman–Crippen MR) is 160 cm³/mol. The number of hydrogen-bond donors (Lipinski definition) is 0. The molecule has 0 heterocycles. The van der Waals surface area contributed by atoms with E-state index in [1.165, 1.54) is 37.7 Å². The highest BCUT2D eigenvalue weighted by Crippen LogP contribution is 2.71. The van der Waals surface area contributed by atoms with E-state index in [4.69, 9.17) is 0 Å². The summed E-state index contributed by atoms with van der Waals surface area (Å²) in [6.45, 7) is 5.82. The zero-order valence-electron chi connectivity index (χ0n) is 23.6. The zero-order chi connectivity index (χ0) is 28.3. The quantitative estimate of drug-likeness (QED) is 0.223. The van der Waals surface area contributed by atoms with Gasteiger partial charge in [-0.1, -0.05) is 82.5 Å². The maximum Gasteiger partial charge on any atom is 0.286 e. The van der Waals surface area contributed by atoms with Crippen molar-refractivity contribution in [1.29, 1.82) is 0 Å². The molecule has 3 aromatic rings. The Morgan fingerprint density at radius 2 is 1.30 bits per heavy atom. The SMILES string of the molecule is CC12CCC(C1(C)C)C([S+](c1ccccc1)c1ccc(-c3ccc(C4CCCCC4)cc3)cc1)(S(=O)(=O)[O-])C2=O. The van der Waals surface area contributed by atoms with Crippen molar-refractivity contribution in [2.75, 3.05) is 0 Å². The lowest BCUT2D eigenvalue weighted by Gasteiger charge is -2.38. The topological polar surface area (TPSA) is 74.3 Å². The van der Waals surface area contributed by atoms with Gasteiger partial charge in [0.05, 0.1) is 10.9 Å². The van der Waals surface area contributed by atoms with Crippen LogP contribution in [-0.2, 0) is 25.8 Å². The average Bonchev–Trinajstić information content (AvgIpc) is 3.27. The Bertz CT molecular complexity index is 1510. The number of rotatable bonds is 6. The highest BCUT2D eigenvalue weighted by Gasteiger charge is 2.83. The smallest absolute Gasteiger partial charge is 0.286 e. The summed E-state index contributed by atoms with van der Waals surface area (Å²) in [5.41, 5.74) is 2.08. The molecule has 3 aliphatic rings. The third-order valence-corrected chi connectivity index (χ3v) is 15.5. The maximum atomic E-state index is 14.3. The summed E-state index contributed by atoms with van der Waals surface area (Å²) in [7, 11) is -6.29. The highest BCUT2D eigenvalue weighted by molar-refractivity contribution is 8.12. The number of hydrogen-bond acceptors (Lipinski definition) is 4. The molecule has 6 rings (SSSR count). The first-order valence-electron chi connectivity index (χ1n) is 14.5. The molecule has 2 bridgehead atoms. The van der Waals surface area contributed by atoms with Crippen molar-refractivity contribution >= 4 is 26.8 Å². The second-order valence-electron chi connectivity index (χ2n) is 12.7. The molecular formula is C34H38O4S2. The molecule has 0 aliphatic heterocycles. The van der Waals surface area contributed by atoms with Crippen LogP contribution in [0.4, 0.5) is 0 Å². The van der Waals surface area contributed by atoms with Crippen LogP contribution in [0.1, 0.15) is 77.2 Å². The normalized spacial score (nSPS) is 29.0. The summed E-state index contributed by atoms with van der Waals surface area (Å²) in [5, 5.41) is 0. The largest absolute Gasteiger partial charge is 0.743 e. The van der Waals surface area contributed by atoms with Crippen molar-refractivity contribution in [2.24, 2.45) is 16.7 Å². The molecule has 210 valence electrons. The molecule has 3 aliphatic carbocycles. The number of Topliss-reactive ketones (excluding diaryl/α,β-unsaturated/α-hetero) is 1. The van der Waals surface area contributed by atoms with Crippen LogP contribution in [0.5, 0.6) is 0 Å². The summed E-state index contributed by atoms with van der Waals surface area (Å²) < 4.78 is 38.3. The van der Waals surface area contributed by atoms with Crippen LogP contribution in [0.3, 0.4) is 0 Å². The summed E-state index contributed by atoms with van der Waals surface area (Å²) in [5.74, 6) is -0.296. The van der Waals surface area contributed by atoms with E-state index < -0.39 is 47.6 Å². The number of carbonyl (C=O) groups is 1. The number of ketones is 1. The highest BCUT2D eigenvalue weighted by atomic mass is 32.3. The van der Waals surface area contributed by atoms with E-state index in [9.17, 15) is 17.8 Å². The van der Waals surface area contributed by atoms with Gasteiger partial charge in [0.1, 0.15) is 0 Å². The van der Waals surface area contributed by atoms with E-state index in [1.807, 2.05) is 75.4 Å². The fraction of sp³-hybridized carbons (Fsp3) is 0.441. The monoisotopic (exact) mass is 574 g/mol. The fourth-order valence-corrected chi connectivity index (χ4v) is 13.5. The van der Waals surface area contributed by atoms with Gasteiger partial charge in [-0.3, -0.25) is 4.79 Å². The van der Waals surface area contributed by atoms with E-state index in [2.05, 4.69) is 24.3 Å². The predicted octanol–water partition coefficient (Wildman–Crippen LogP) is 7.70. The van der Waals surface area contributed by atoms with Gasteiger partial charge in [-0.2, -0.15) is 0 Å². The van der Waals surface area contributed by atoms with E-state index in [0.29, 0.717) is 28.6 Å². The molecule has 3 aromatic carbocycles. The van der Waals surface area contributed by atoms with Crippen LogP contribution in [0.15, 0.2) is 88.7 Å². The van der Waals surface area contributed by atoms with Gasteiger partial charge in [-0.15, -0.1) is 0 Å². The Balaban J connectivity index is 1.43. The fourth-order valence-electron chi connectivity index (χ4n) is 7.95. The van der Waals surface area contributed by atoms with Crippen molar-refractivity contribution in [2.45, 2.75) is 85.5 Å². The van der Waals surface area contributed by atoms with Gasteiger partial charge in [0.25, 0.3) is 4.08 Å². The molecule has 40 heavy (non-hydrogen) atoms. The van der Waals surface area contributed by atoms with E-state index >= 15 is 0 Å². The van der Waals surface area contributed by atoms with Crippen LogP contribution in [0.2, 0.25) is 0 Å². The number of benzene rings is 3. The van der Waals surface area contributed by atoms with E-state index in [0.717, 1.165) is 11.1 Å². The second kappa shape index (κ2) is 9.85. The van der Waals surface area contributed by atoms with Crippen LogP contribution in [0, 0.1) is 16.7 Å². The van der Waals surface area contributed by atoms with Crippen molar-refractivity contribution in [3.8, 4) is 11.1 Å². The Hall–Kier alpha value is -2.41. The summed E-state index contributed by atoms with van der Waals surface area (Å²) in [6, 6.07) is 26.0. The molecule has 0 saturated heterocycles. The Morgan fingerprint density at radius 1 is 0.750 bits per heavy atom. The maximum absolute atomic E-state index is 14.3. The van der Waals surface area contributed by atoms with Crippen LogP contribution < -0.4 is 0 Å². The molecule has 6 heteroatoms. The molecule has 3 saturated carbocycles. The zero-order valence-corrected chi connectivity index (χ0v) is 25.2. The van der Waals surface area contributed by atoms with Gasteiger partial charge in [0.2, 0.25) is 5.78 Å². The van der Waals surface area contributed by atoms with Gasteiger partial charge in [-0.05, 0) is 90.1 Å². The lowest BCUT2D eigenvalue weighted by atomic mass is 9.70. The van der Waals surface area contributed by atoms with Gasteiger partial charge >= 0.3 is 0 Å². The van der Waals surface area contributed by atoms with Crippen LogP contribution in [-0.4, -0.2) is 22.8 Å². The number of carbonyl (C=O) groups excluding carboxylic acids is 1. The molecule has 0 N–H and O–H groups in total. The summed E-state index contributed by atoms with van der Waals surface area (Å²) in [4.78, 5) is 15.8.